The van der Waals surface area contributed by atoms with Gasteiger partial charge in [0.15, 0.2) is 5.13 Å². The number of fused-ring (bicyclic) bond motifs is 1. The molecule has 2 aliphatic rings. The number of thiazole rings is 1. The molecule has 1 amide bonds. The molecule has 2 aromatic rings. The zero-order valence-corrected chi connectivity index (χ0v) is 16.6. The van der Waals surface area contributed by atoms with Crippen LogP contribution in [0.2, 0.25) is 0 Å². The topological polar surface area (TPSA) is 63.7 Å². The van der Waals surface area contributed by atoms with Gasteiger partial charge in [-0.3, -0.25) is 4.79 Å². The van der Waals surface area contributed by atoms with Gasteiger partial charge in [0.05, 0.1) is 24.7 Å². The van der Waals surface area contributed by atoms with Crippen LogP contribution in [0.5, 0.6) is 5.75 Å². The molecule has 1 aromatic carbocycles. The zero-order chi connectivity index (χ0) is 18.8. The van der Waals surface area contributed by atoms with E-state index in [0.29, 0.717) is 24.8 Å². The lowest BCUT2D eigenvalue weighted by atomic mass is 9.91. The molecule has 0 unspecified atom stereocenters. The van der Waals surface area contributed by atoms with Crippen molar-refractivity contribution in [2.24, 2.45) is 5.92 Å². The highest BCUT2D eigenvalue weighted by Crippen LogP contribution is 2.43. The minimum absolute atomic E-state index is 0.0137. The van der Waals surface area contributed by atoms with Crippen molar-refractivity contribution in [1.82, 2.24) is 4.98 Å². The van der Waals surface area contributed by atoms with Gasteiger partial charge in [0, 0.05) is 25.4 Å². The maximum absolute atomic E-state index is 12.3. The van der Waals surface area contributed by atoms with Crippen LogP contribution in [0.3, 0.4) is 0 Å². The number of ether oxygens (including phenoxy) is 2. The molecule has 3 heterocycles. The third-order valence-corrected chi connectivity index (χ3v) is 5.96. The summed E-state index contributed by atoms with van der Waals surface area (Å²) in [4.78, 5) is 20.3. The Morgan fingerprint density at radius 1 is 1.37 bits per heavy atom. The Morgan fingerprint density at radius 2 is 2.19 bits per heavy atom. The lowest BCUT2D eigenvalue weighted by Crippen LogP contribution is -2.36. The molecule has 0 aliphatic carbocycles. The molecule has 1 N–H and O–H groups in total. The van der Waals surface area contributed by atoms with Crippen LogP contribution in [-0.2, 0) is 9.53 Å². The molecule has 27 heavy (non-hydrogen) atoms. The number of hydrogen-bond acceptors (Lipinski definition) is 6. The molecule has 0 spiro atoms. The van der Waals surface area contributed by atoms with E-state index in [0.717, 1.165) is 47.6 Å². The van der Waals surface area contributed by atoms with Crippen molar-refractivity contribution in [1.29, 1.82) is 0 Å². The van der Waals surface area contributed by atoms with Crippen molar-refractivity contribution in [3.63, 3.8) is 0 Å². The lowest BCUT2D eigenvalue weighted by molar-refractivity contribution is -0.116. The fourth-order valence-corrected chi connectivity index (χ4v) is 4.55. The van der Waals surface area contributed by atoms with E-state index in [9.17, 15) is 4.79 Å². The average molecular weight is 388 g/mol. The quantitative estimate of drug-likeness (QED) is 0.851. The van der Waals surface area contributed by atoms with E-state index in [1.54, 1.807) is 11.3 Å². The Balaban J connectivity index is 1.62. The minimum atomic E-state index is 0.0137. The third kappa shape index (κ3) is 4.09. The molecular formula is C20H25N3O3S. The predicted molar refractivity (Wildman–Crippen MR) is 107 cm³/mol. The molecule has 0 radical (unpaired) electrons. The maximum atomic E-state index is 12.3. The summed E-state index contributed by atoms with van der Waals surface area (Å²) in [5.41, 5.74) is 1.10. The van der Waals surface area contributed by atoms with E-state index in [-0.39, 0.29) is 11.8 Å². The lowest BCUT2D eigenvalue weighted by Gasteiger charge is -2.26. The molecule has 144 valence electrons. The molecule has 1 fully saturated rings. The molecule has 1 aromatic heterocycles. The van der Waals surface area contributed by atoms with Crippen LogP contribution in [0, 0.1) is 5.92 Å². The summed E-state index contributed by atoms with van der Waals surface area (Å²) in [6, 6.07) is 8.11. The second-order valence-electron chi connectivity index (χ2n) is 7.39. The Hall–Kier alpha value is -2.12. The van der Waals surface area contributed by atoms with Crippen molar-refractivity contribution >= 4 is 28.2 Å². The van der Waals surface area contributed by atoms with Crippen LogP contribution in [-0.4, -0.2) is 43.8 Å². The molecule has 4 rings (SSSR count). The monoisotopic (exact) mass is 387 g/mol. The Bertz CT molecular complexity index is 815. The first-order chi connectivity index (χ1) is 13.1. The van der Waals surface area contributed by atoms with Crippen LogP contribution < -0.4 is 15.0 Å². The summed E-state index contributed by atoms with van der Waals surface area (Å²) in [6.07, 6.45) is 0.436. The number of benzene rings is 1. The highest BCUT2D eigenvalue weighted by atomic mass is 32.1. The Kier molecular flexibility index (Phi) is 5.31. The van der Waals surface area contributed by atoms with Gasteiger partial charge in [-0.1, -0.05) is 37.3 Å². The number of nitrogens with zero attached hydrogens (tertiary/aromatic N) is 2. The molecule has 0 bridgehead atoms. The largest absolute Gasteiger partial charge is 0.493 e. The van der Waals surface area contributed by atoms with E-state index >= 15 is 0 Å². The summed E-state index contributed by atoms with van der Waals surface area (Å²) in [6.45, 7) is 8.05. The summed E-state index contributed by atoms with van der Waals surface area (Å²) < 4.78 is 11.3. The molecule has 1 atom stereocenters. The van der Waals surface area contributed by atoms with Gasteiger partial charge in [0.2, 0.25) is 5.91 Å². The summed E-state index contributed by atoms with van der Waals surface area (Å²) in [7, 11) is 0. The normalized spacial score (nSPS) is 19.7. The molecule has 0 saturated carbocycles. The minimum Gasteiger partial charge on any atom is -0.493 e. The fourth-order valence-electron chi connectivity index (χ4n) is 3.35. The SMILES string of the molecule is CC(C)COc1cccc([C@@H]2CC(=O)Nc3nc(N4CCOCC4)sc32)c1. The fraction of sp³-hybridized carbons (Fsp3) is 0.500. The number of aromatic nitrogens is 1. The number of amides is 1. The number of morpholine rings is 1. The first kappa shape index (κ1) is 18.3. The van der Waals surface area contributed by atoms with Crippen molar-refractivity contribution in [3.8, 4) is 5.75 Å². The van der Waals surface area contributed by atoms with E-state index < -0.39 is 0 Å². The van der Waals surface area contributed by atoms with Crippen LogP contribution in [0.4, 0.5) is 10.9 Å². The third-order valence-electron chi connectivity index (χ3n) is 4.73. The molecular weight excluding hydrogens is 362 g/mol. The van der Waals surface area contributed by atoms with Crippen molar-refractivity contribution in [2.75, 3.05) is 43.1 Å². The van der Waals surface area contributed by atoms with E-state index in [1.165, 1.54) is 0 Å². The summed E-state index contributed by atoms with van der Waals surface area (Å²) in [5, 5.41) is 3.91. The van der Waals surface area contributed by atoms with Gasteiger partial charge in [0.1, 0.15) is 11.6 Å². The standard InChI is InChI=1S/C20H25N3O3S/c1-13(2)12-26-15-5-3-4-14(10-15)16-11-17(24)21-19-18(16)27-20(22-19)23-6-8-25-9-7-23/h3-5,10,13,16H,6-9,11-12H2,1-2H3,(H,21,24)/t16-/m0/s1. The smallest absolute Gasteiger partial charge is 0.226 e. The summed E-state index contributed by atoms with van der Waals surface area (Å²) >= 11 is 1.67. The number of rotatable bonds is 5. The average Bonchev–Trinajstić information content (AvgIpc) is 3.10. The second-order valence-corrected chi connectivity index (χ2v) is 8.40. The first-order valence-electron chi connectivity index (χ1n) is 9.46. The van der Waals surface area contributed by atoms with Gasteiger partial charge < -0.3 is 19.7 Å². The molecule has 7 heteroatoms. The first-order valence-corrected chi connectivity index (χ1v) is 10.3. The van der Waals surface area contributed by atoms with Crippen LogP contribution in [0.1, 0.15) is 36.6 Å². The van der Waals surface area contributed by atoms with Gasteiger partial charge in [-0.2, -0.15) is 0 Å². The van der Waals surface area contributed by atoms with Gasteiger partial charge in [0.25, 0.3) is 0 Å². The predicted octanol–water partition coefficient (Wildman–Crippen LogP) is 3.49. The molecule has 1 saturated heterocycles. The van der Waals surface area contributed by atoms with Gasteiger partial charge >= 0.3 is 0 Å². The summed E-state index contributed by atoms with van der Waals surface area (Å²) in [5.74, 6) is 2.06. The zero-order valence-electron chi connectivity index (χ0n) is 15.7. The second kappa shape index (κ2) is 7.86. The number of hydrogen-bond donors (Lipinski definition) is 1. The van der Waals surface area contributed by atoms with Gasteiger partial charge in [-0.15, -0.1) is 0 Å². The van der Waals surface area contributed by atoms with Crippen LogP contribution in [0.15, 0.2) is 24.3 Å². The molecule has 2 aliphatic heterocycles. The van der Waals surface area contributed by atoms with E-state index in [4.69, 9.17) is 14.5 Å². The highest BCUT2D eigenvalue weighted by molar-refractivity contribution is 7.16. The number of anilines is 2. The van der Waals surface area contributed by atoms with Gasteiger partial charge in [-0.05, 0) is 23.6 Å². The van der Waals surface area contributed by atoms with Crippen molar-refractivity contribution < 1.29 is 14.3 Å². The highest BCUT2D eigenvalue weighted by Gasteiger charge is 2.31. The Morgan fingerprint density at radius 3 is 2.96 bits per heavy atom. The van der Waals surface area contributed by atoms with Crippen LogP contribution in [0.25, 0.3) is 0 Å². The number of carbonyl (C=O) groups is 1. The number of carbonyl (C=O) groups excluding carboxylic acids is 1. The van der Waals surface area contributed by atoms with E-state index in [1.807, 2.05) is 12.1 Å². The number of nitrogens with one attached hydrogen (secondary N) is 1. The Labute approximate surface area is 163 Å². The van der Waals surface area contributed by atoms with Crippen LogP contribution >= 0.6 is 11.3 Å². The van der Waals surface area contributed by atoms with Crippen molar-refractivity contribution in [2.45, 2.75) is 26.2 Å². The van der Waals surface area contributed by atoms with Gasteiger partial charge in [-0.25, -0.2) is 4.98 Å². The maximum Gasteiger partial charge on any atom is 0.226 e. The van der Waals surface area contributed by atoms with Crippen molar-refractivity contribution in [3.05, 3.63) is 34.7 Å². The van der Waals surface area contributed by atoms with E-state index in [2.05, 4.69) is 36.2 Å². The molecule has 6 nitrogen and oxygen atoms in total.